The SMILES string of the molecule is Cn1cc(CC(CN)c2ccccc2Cl)cn1. The molecule has 1 unspecified atom stereocenters. The van der Waals surface area contributed by atoms with Crippen LogP contribution < -0.4 is 5.73 Å². The average molecular weight is 250 g/mol. The number of halogens is 1. The van der Waals surface area contributed by atoms with Gasteiger partial charge in [0.2, 0.25) is 0 Å². The molecule has 4 heteroatoms. The van der Waals surface area contributed by atoms with E-state index in [0.717, 1.165) is 17.0 Å². The fourth-order valence-corrected chi connectivity index (χ4v) is 2.28. The fourth-order valence-electron chi connectivity index (χ4n) is 1.99. The predicted octanol–water partition coefficient (Wildman–Crippen LogP) is 2.36. The molecule has 1 aromatic carbocycles. The molecule has 0 bridgehead atoms. The van der Waals surface area contributed by atoms with E-state index in [0.29, 0.717) is 6.54 Å². The fraction of sp³-hybridized carbons (Fsp3) is 0.308. The van der Waals surface area contributed by atoms with Gasteiger partial charge in [0, 0.05) is 24.2 Å². The molecule has 1 atom stereocenters. The van der Waals surface area contributed by atoms with Gasteiger partial charge in [0.1, 0.15) is 0 Å². The Morgan fingerprint density at radius 2 is 2.18 bits per heavy atom. The first-order chi connectivity index (χ1) is 8.20. The lowest BCUT2D eigenvalue weighted by molar-refractivity contribution is 0.693. The van der Waals surface area contributed by atoms with Crippen molar-refractivity contribution in [2.24, 2.45) is 12.8 Å². The molecule has 0 aliphatic rings. The highest BCUT2D eigenvalue weighted by molar-refractivity contribution is 6.31. The summed E-state index contributed by atoms with van der Waals surface area (Å²) in [5.74, 6) is 0.243. The Morgan fingerprint density at radius 1 is 1.41 bits per heavy atom. The molecule has 0 aliphatic heterocycles. The lowest BCUT2D eigenvalue weighted by Gasteiger charge is -2.15. The molecule has 0 radical (unpaired) electrons. The molecule has 0 amide bonds. The molecular formula is C13H16ClN3. The van der Waals surface area contributed by atoms with Crippen LogP contribution in [0.5, 0.6) is 0 Å². The van der Waals surface area contributed by atoms with Gasteiger partial charge < -0.3 is 5.73 Å². The highest BCUT2D eigenvalue weighted by atomic mass is 35.5. The highest BCUT2D eigenvalue weighted by Gasteiger charge is 2.14. The van der Waals surface area contributed by atoms with Gasteiger partial charge in [0.15, 0.2) is 0 Å². The van der Waals surface area contributed by atoms with Crippen LogP contribution in [0.1, 0.15) is 17.0 Å². The normalized spacial score (nSPS) is 12.6. The zero-order valence-corrected chi connectivity index (χ0v) is 10.6. The van der Waals surface area contributed by atoms with Crippen molar-refractivity contribution in [1.82, 2.24) is 9.78 Å². The highest BCUT2D eigenvalue weighted by Crippen LogP contribution is 2.26. The number of hydrogen-bond donors (Lipinski definition) is 1. The third kappa shape index (κ3) is 2.87. The van der Waals surface area contributed by atoms with Gasteiger partial charge in [-0.3, -0.25) is 4.68 Å². The zero-order chi connectivity index (χ0) is 12.3. The summed E-state index contributed by atoms with van der Waals surface area (Å²) in [4.78, 5) is 0. The second kappa shape index (κ2) is 5.34. The Morgan fingerprint density at radius 3 is 2.76 bits per heavy atom. The van der Waals surface area contributed by atoms with Gasteiger partial charge in [0.25, 0.3) is 0 Å². The molecule has 0 fully saturated rings. The van der Waals surface area contributed by atoms with Crippen molar-refractivity contribution < 1.29 is 0 Å². The van der Waals surface area contributed by atoms with E-state index in [1.165, 1.54) is 5.56 Å². The summed E-state index contributed by atoms with van der Waals surface area (Å²) >= 11 is 6.19. The van der Waals surface area contributed by atoms with E-state index >= 15 is 0 Å². The Labute approximate surface area is 106 Å². The molecule has 2 rings (SSSR count). The number of hydrogen-bond acceptors (Lipinski definition) is 2. The van der Waals surface area contributed by atoms with Gasteiger partial charge in [-0.15, -0.1) is 0 Å². The monoisotopic (exact) mass is 249 g/mol. The van der Waals surface area contributed by atoms with Crippen molar-refractivity contribution in [1.29, 1.82) is 0 Å². The number of aromatic nitrogens is 2. The minimum Gasteiger partial charge on any atom is -0.330 e. The number of nitrogens with two attached hydrogens (primary N) is 1. The van der Waals surface area contributed by atoms with Crippen molar-refractivity contribution in [3.8, 4) is 0 Å². The summed E-state index contributed by atoms with van der Waals surface area (Å²) in [5, 5.41) is 4.95. The first-order valence-electron chi connectivity index (χ1n) is 5.62. The van der Waals surface area contributed by atoms with Crippen molar-refractivity contribution in [3.05, 3.63) is 52.8 Å². The van der Waals surface area contributed by atoms with Crippen LogP contribution in [0.4, 0.5) is 0 Å². The van der Waals surface area contributed by atoms with Gasteiger partial charge >= 0.3 is 0 Å². The summed E-state index contributed by atoms with van der Waals surface area (Å²) in [7, 11) is 1.91. The Bertz CT molecular complexity index is 493. The predicted molar refractivity (Wildman–Crippen MR) is 70.2 cm³/mol. The number of nitrogens with zero attached hydrogens (tertiary/aromatic N) is 2. The van der Waals surface area contributed by atoms with E-state index in [1.807, 2.05) is 43.7 Å². The smallest absolute Gasteiger partial charge is 0.0521 e. The number of rotatable bonds is 4. The molecule has 1 heterocycles. The van der Waals surface area contributed by atoms with Crippen molar-refractivity contribution >= 4 is 11.6 Å². The van der Waals surface area contributed by atoms with E-state index in [4.69, 9.17) is 17.3 Å². The lowest BCUT2D eigenvalue weighted by Crippen LogP contribution is -2.15. The molecule has 90 valence electrons. The lowest BCUT2D eigenvalue weighted by atomic mass is 9.93. The minimum absolute atomic E-state index is 0.243. The topological polar surface area (TPSA) is 43.8 Å². The quantitative estimate of drug-likeness (QED) is 0.904. The van der Waals surface area contributed by atoms with E-state index in [1.54, 1.807) is 4.68 Å². The van der Waals surface area contributed by atoms with Gasteiger partial charge in [-0.2, -0.15) is 5.10 Å². The maximum Gasteiger partial charge on any atom is 0.0521 e. The van der Waals surface area contributed by atoms with Crippen LogP contribution in [0, 0.1) is 0 Å². The summed E-state index contributed by atoms with van der Waals surface area (Å²) in [5.41, 5.74) is 8.14. The van der Waals surface area contributed by atoms with Crippen LogP contribution in [0.25, 0.3) is 0 Å². The van der Waals surface area contributed by atoms with Gasteiger partial charge in [-0.1, -0.05) is 29.8 Å². The Hall–Kier alpha value is -1.32. The minimum atomic E-state index is 0.243. The molecule has 0 saturated heterocycles. The van der Waals surface area contributed by atoms with E-state index < -0.39 is 0 Å². The first kappa shape index (κ1) is 12.1. The van der Waals surface area contributed by atoms with Crippen molar-refractivity contribution in [2.75, 3.05) is 6.54 Å². The Balaban J connectivity index is 2.20. The zero-order valence-electron chi connectivity index (χ0n) is 9.81. The summed E-state index contributed by atoms with van der Waals surface area (Å²) in [6.07, 6.45) is 4.76. The maximum absolute atomic E-state index is 6.19. The van der Waals surface area contributed by atoms with Crippen LogP contribution in [-0.2, 0) is 13.5 Å². The summed E-state index contributed by atoms with van der Waals surface area (Å²) in [6, 6.07) is 7.87. The average Bonchev–Trinajstić information content (AvgIpc) is 2.73. The second-order valence-corrected chi connectivity index (χ2v) is 4.59. The summed E-state index contributed by atoms with van der Waals surface area (Å²) < 4.78 is 1.80. The molecule has 1 aromatic heterocycles. The molecule has 3 nitrogen and oxygen atoms in total. The standard InChI is InChI=1S/C13H16ClN3/c1-17-9-10(8-16-17)6-11(7-15)12-4-2-3-5-13(12)14/h2-5,8-9,11H,6-7,15H2,1H3. The molecular weight excluding hydrogens is 234 g/mol. The third-order valence-corrected chi connectivity index (χ3v) is 3.21. The van der Waals surface area contributed by atoms with E-state index in [-0.39, 0.29) is 5.92 Å². The number of benzene rings is 1. The number of aryl methyl sites for hydroxylation is 1. The molecule has 0 aliphatic carbocycles. The molecule has 0 saturated carbocycles. The van der Waals surface area contributed by atoms with E-state index in [9.17, 15) is 0 Å². The first-order valence-corrected chi connectivity index (χ1v) is 6.00. The maximum atomic E-state index is 6.19. The third-order valence-electron chi connectivity index (χ3n) is 2.87. The van der Waals surface area contributed by atoms with Crippen LogP contribution in [0.2, 0.25) is 5.02 Å². The van der Waals surface area contributed by atoms with Gasteiger partial charge in [0.05, 0.1) is 6.20 Å². The molecule has 2 N–H and O–H groups in total. The van der Waals surface area contributed by atoms with Crippen LogP contribution in [0.15, 0.2) is 36.7 Å². The van der Waals surface area contributed by atoms with Crippen molar-refractivity contribution in [2.45, 2.75) is 12.3 Å². The van der Waals surface area contributed by atoms with Crippen LogP contribution >= 0.6 is 11.6 Å². The summed E-state index contributed by atoms with van der Waals surface area (Å²) in [6.45, 7) is 0.582. The van der Waals surface area contributed by atoms with E-state index in [2.05, 4.69) is 5.10 Å². The van der Waals surface area contributed by atoms with Crippen molar-refractivity contribution in [3.63, 3.8) is 0 Å². The van der Waals surface area contributed by atoms with Crippen LogP contribution in [-0.4, -0.2) is 16.3 Å². The molecule has 0 spiro atoms. The van der Waals surface area contributed by atoms with Gasteiger partial charge in [-0.25, -0.2) is 0 Å². The molecule has 17 heavy (non-hydrogen) atoms. The largest absolute Gasteiger partial charge is 0.330 e. The second-order valence-electron chi connectivity index (χ2n) is 4.18. The van der Waals surface area contributed by atoms with Crippen LogP contribution in [0.3, 0.4) is 0 Å². The molecule has 2 aromatic rings. The Kier molecular flexibility index (Phi) is 3.82. The van der Waals surface area contributed by atoms with Gasteiger partial charge in [-0.05, 0) is 30.2 Å².